The van der Waals surface area contributed by atoms with E-state index < -0.39 is 77.9 Å². The number of carbonyl (C=O) groups excluding carboxylic acids is 4. The normalized spacial score (nSPS) is 30.4. The molecular formula is C36H62N2O11. The summed E-state index contributed by atoms with van der Waals surface area (Å²) < 4.78 is 30.2. The molecule has 0 spiro atoms. The third-order valence-corrected chi connectivity index (χ3v) is 10.5. The molecule has 8 unspecified atom stereocenters. The SMILES string of the molecule is CCC(OC(=O)C(C)C(O)C(C)[C@H](CC)OC1OC(C)CC(N(C)C)[C@H]1OC(C)=O)[C@@]1(C)OC(=O)C[C@@H]1C(C)/C(=N/OC(C)=O)[C@H](C)CC. The molecule has 1 N–H and O–H groups in total. The molecule has 282 valence electrons. The van der Waals surface area contributed by atoms with Crippen LogP contribution in [0, 0.1) is 29.6 Å². The minimum absolute atomic E-state index is 0.0393. The molecule has 2 aliphatic heterocycles. The topological polar surface area (TPSA) is 159 Å². The second-order valence-electron chi connectivity index (χ2n) is 14.4. The standard InChI is InChI=1S/C36H62N2O11/c1-14-19(4)31(37-49-25(10)40)21(6)26-18-30(41)48-36(26,11)29(16-3)47-34(43)23(8)32(42)22(7)28(15-2)46-35-33(45-24(9)39)27(38(12)13)17-20(5)44-35/h19-23,26-29,32-33,35,42H,14-18H2,1-13H3/b37-31+/t19-,20?,21?,22?,23?,26-,27?,28+,29?,32?,33-,35?,36+/m1/s1. The van der Waals surface area contributed by atoms with Crippen molar-refractivity contribution in [2.75, 3.05) is 14.1 Å². The molecule has 13 atom stereocenters. The lowest BCUT2D eigenvalue weighted by Crippen LogP contribution is -2.57. The van der Waals surface area contributed by atoms with Crippen molar-refractivity contribution in [1.82, 2.24) is 4.90 Å². The summed E-state index contributed by atoms with van der Waals surface area (Å²) in [5, 5.41) is 15.7. The van der Waals surface area contributed by atoms with Crippen LogP contribution in [0.4, 0.5) is 0 Å². The fourth-order valence-corrected chi connectivity index (χ4v) is 7.27. The molecule has 2 aliphatic rings. The van der Waals surface area contributed by atoms with Crippen molar-refractivity contribution in [2.45, 2.75) is 157 Å². The van der Waals surface area contributed by atoms with Gasteiger partial charge < -0.3 is 38.5 Å². The monoisotopic (exact) mass is 698 g/mol. The molecule has 2 saturated heterocycles. The van der Waals surface area contributed by atoms with Gasteiger partial charge in [0, 0.05) is 31.6 Å². The summed E-state index contributed by atoms with van der Waals surface area (Å²) >= 11 is 0. The maximum Gasteiger partial charge on any atom is 0.331 e. The molecule has 49 heavy (non-hydrogen) atoms. The van der Waals surface area contributed by atoms with Crippen LogP contribution in [-0.2, 0) is 47.7 Å². The van der Waals surface area contributed by atoms with Crippen molar-refractivity contribution >= 4 is 29.6 Å². The van der Waals surface area contributed by atoms with Crippen LogP contribution >= 0.6 is 0 Å². The van der Waals surface area contributed by atoms with Gasteiger partial charge in [-0.15, -0.1) is 0 Å². The van der Waals surface area contributed by atoms with Crippen LogP contribution in [0.15, 0.2) is 5.16 Å². The fourth-order valence-electron chi connectivity index (χ4n) is 7.27. The number of hydrogen-bond acceptors (Lipinski definition) is 13. The molecular weight excluding hydrogens is 636 g/mol. The molecule has 0 saturated carbocycles. The van der Waals surface area contributed by atoms with Crippen molar-refractivity contribution in [3.05, 3.63) is 0 Å². The molecule has 0 aromatic heterocycles. The zero-order chi connectivity index (χ0) is 37.4. The molecule has 2 heterocycles. The number of rotatable bonds is 17. The third kappa shape index (κ3) is 10.7. The zero-order valence-corrected chi connectivity index (χ0v) is 31.9. The first-order valence-corrected chi connectivity index (χ1v) is 17.8. The second-order valence-corrected chi connectivity index (χ2v) is 14.4. The average molecular weight is 699 g/mol. The number of likely N-dealkylation sites (N-methyl/N-ethyl adjacent to an activating group) is 1. The van der Waals surface area contributed by atoms with E-state index in [1.54, 1.807) is 20.8 Å². The van der Waals surface area contributed by atoms with Crippen molar-refractivity contribution < 1.29 is 52.8 Å². The van der Waals surface area contributed by atoms with E-state index in [-0.39, 0.29) is 30.4 Å². The lowest BCUT2D eigenvalue weighted by atomic mass is 9.72. The third-order valence-electron chi connectivity index (χ3n) is 10.5. The van der Waals surface area contributed by atoms with Gasteiger partial charge in [0.05, 0.1) is 42.4 Å². The summed E-state index contributed by atoms with van der Waals surface area (Å²) in [4.78, 5) is 57.1. The highest BCUT2D eigenvalue weighted by Gasteiger charge is 2.55. The van der Waals surface area contributed by atoms with Gasteiger partial charge in [-0.25, -0.2) is 4.79 Å². The summed E-state index contributed by atoms with van der Waals surface area (Å²) in [6, 6.07) is -0.137. The van der Waals surface area contributed by atoms with Crippen LogP contribution in [-0.4, -0.2) is 102 Å². The summed E-state index contributed by atoms with van der Waals surface area (Å²) in [6.07, 6.45) is -1.93. The average Bonchev–Trinajstić information content (AvgIpc) is 3.35. The second kappa shape index (κ2) is 18.6. The number of carbonyl (C=O) groups is 4. The van der Waals surface area contributed by atoms with Gasteiger partial charge in [-0.05, 0) is 66.5 Å². The van der Waals surface area contributed by atoms with Gasteiger partial charge in [0.2, 0.25) is 0 Å². The Labute approximate surface area is 292 Å². The van der Waals surface area contributed by atoms with Gasteiger partial charge in [0.25, 0.3) is 0 Å². The van der Waals surface area contributed by atoms with Crippen LogP contribution in [0.1, 0.15) is 108 Å². The van der Waals surface area contributed by atoms with E-state index in [0.29, 0.717) is 25.0 Å². The van der Waals surface area contributed by atoms with Gasteiger partial charge in [-0.3, -0.25) is 14.4 Å². The number of esters is 3. The highest BCUT2D eigenvalue weighted by Crippen LogP contribution is 2.44. The predicted octanol–water partition coefficient (Wildman–Crippen LogP) is 4.66. The minimum atomic E-state index is -1.19. The van der Waals surface area contributed by atoms with E-state index in [1.807, 2.05) is 60.5 Å². The smallest absolute Gasteiger partial charge is 0.331 e. The molecule has 0 bridgehead atoms. The number of cyclic esters (lactones) is 1. The van der Waals surface area contributed by atoms with Gasteiger partial charge in [0.1, 0.15) is 11.7 Å². The molecule has 0 radical (unpaired) electrons. The van der Waals surface area contributed by atoms with Crippen LogP contribution in [0.25, 0.3) is 0 Å². The first-order valence-electron chi connectivity index (χ1n) is 17.8. The zero-order valence-electron chi connectivity index (χ0n) is 31.9. The fraction of sp³-hybridized carbons (Fsp3) is 0.861. The molecule has 0 aliphatic carbocycles. The van der Waals surface area contributed by atoms with E-state index in [1.165, 1.54) is 13.8 Å². The minimum Gasteiger partial charge on any atom is -0.458 e. The van der Waals surface area contributed by atoms with E-state index in [0.717, 1.165) is 6.42 Å². The van der Waals surface area contributed by atoms with Crippen molar-refractivity contribution in [1.29, 1.82) is 0 Å². The number of ether oxygens (including phenoxy) is 5. The molecule has 13 heteroatoms. The quantitative estimate of drug-likeness (QED) is 0.0738. The Bertz CT molecular complexity index is 1160. The van der Waals surface area contributed by atoms with Gasteiger partial charge in [0.15, 0.2) is 12.4 Å². The molecule has 2 rings (SSSR count). The van der Waals surface area contributed by atoms with Crippen molar-refractivity contribution in [2.24, 2.45) is 34.7 Å². The maximum absolute atomic E-state index is 13.7. The molecule has 0 aromatic carbocycles. The van der Waals surface area contributed by atoms with E-state index in [9.17, 15) is 24.3 Å². The largest absolute Gasteiger partial charge is 0.458 e. The van der Waals surface area contributed by atoms with Crippen molar-refractivity contribution in [3.8, 4) is 0 Å². The van der Waals surface area contributed by atoms with E-state index >= 15 is 0 Å². The Kier molecular flexibility index (Phi) is 16.1. The number of aliphatic hydroxyl groups is 1. The van der Waals surface area contributed by atoms with Crippen LogP contribution in [0.3, 0.4) is 0 Å². The summed E-state index contributed by atoms with van der Waals surface area (Å²) in [5.74, 6) is -4.34. The van der Waals surface area contributed by atoms with Gasteiger partial charge in [-0.2, -0.15) is 0 Å². The van der Waals surface area contributed by atoms with Gasteiger partial charge >= 0.3 is 23.9 Å². The predicted molar refractivity (Wildman–Crippen MR) is 182 cm³/mol. The number of oxime groups is 1. The lowest BCUT2D eigenvalue weighted by molar-refractivity contribution is -0.280. The maximum atomic E-state index is 13.7. The van der Waals surface area contributed by atoms with Crippen LogP contribution < -0.4 is 0 Å². The lowest BCUT2D eigenvalue weighted by Gasteiger charge is -2.44. The Morgan fingerprint density at radius 1 is 1.04 bits per heavy atom. The number of hydrogen-bond donors (Lipinski definition) is 1. The summed E-state index contributed by atoms with van der Waals surface area (Å²) in [5.41, 5.74) is -0.568. The molecule has 0 amide bonds. The van der Waals surface area contributed by atoms with Crippen LogP contribution in [0.2, 0.25) is 0 Å². The number of aliphatic hydroxyl groups excluding tert-OH is 1. The summed E-state index contributed by atoms with van der Waals surface area (Å²) in [7, 11) is 3.82. The van der Waals surface area contributed by atoms with Crippen molar-refractivity contribution in [3.63, 3.8) is 0 Å². The first-order chi connectivity index (χ1) is 22.8. The highest BCUT2D eigenvalue weighted by atomic mass is 16.7. The molecule has 2 fully saturated rings. The summed E-state index contributed by atoms with van der Waals surface area (Å²) in [6.45, 7) is 19.4. The highest BCUT2D eigenvalue weighted by molar-refractivity contribution is 5.90. The van der Waals surface area contributed by atoms with E-state index in [2.05, 4.69) is 5.16 Å². The van der Waals surface area contributed by atoms with Gasteiger partial charge in [-0.1, -0.05) is 46.7 Å². The Morgan fingerprint density at radius 2 is 1.67 bits per heavy atom. The Balaban J connectivity index is 2.26. The molecule has 0 aromatic rings. The Hall–Kier alpha value is -2.61. The van der Waals surface area contributed by atoms with E-state index in [4.69, 9.17) is 28.5 Å². The molecule has 13 nitrogen and oxygen atoms in total. The number of nitrogens with zero attached hydrogens (tertiary/aromatic N) is 2. The van der Waals surface area contributed by atoms with Crippen LogP contribution in [0.5, 0.6) is 0 Å². The first kappa shape index (κ1) is 42.6. The Morgan fingerprint density at radius 3 is 2.18 bits per heavy atom.